The number of nitrogens with zero attached hydrogens (tertiary/aromatic N) is 1. The molecule has 0 aliphatic rings. The number of amides is 1. The second-order valence-electron chi connectivity index (χ2n) is 3.28. The third-order valence-electron chi connectivity index (χ3n) is 0.800. The molecule has 0 radical (unpaired) electrons. The van der Waals surface area contributed by atoms with E-state index in [2.05, 4.69) is 0 Å². The molecule has 0 aliphatic heterocycles. The molecule has 5 nitrogen and oxygen atoms in total. The van der Waals surface area contributed by atoms with E-state index < -0.39 is 13.6 Å². The fraction of sp³-hybridized carbons (Fsp3) is 0.833. The molecule has 0 heterocycles. The van der Waals surface area contributed by atoms with Gasteiger partial charge in [-0.25, -0.2) is 5.06 Å². The van der Waals surface area contributed by atoms with Crippen LogP contribution in [0.2, 0.25) is 0 Å². The minimum Gasteiger partial charge on any atom is -0.345 e. The Morgan fingerprint density at radius 3 is 2.33 bits per heavy atom. The van der Waals surface area contributed by atoms with Crippen LogP contribution < -0.4 is 0 Å². The van der Waals surface area contributed by atoms with Crippen LogP contribution in [-0.4, -0.2) is 28.3 Å². The zero-order valence-corrected chi connectivity index (χ0v) is 8.40. The number of carbonyl (C=O) groups is 1. The topological polar surface area (TPSA) is 66.8 Å². The predicted molar refractivity (Wildman–Crippen MR) is 44.8 cm³/mol. The summed E-state index contributed by atoms with van der Waals surface area (Å²) >= 11 is 0. The first-order chi connectivity index (χ1) is 5.35. The summed E-state index contributed by atoms with van der Waals surface area (Å²) in [5.74, 6) is 0. The maximum absolute atomic E-state index is 10.4. The van der Waals surface area contributed by atoms with Gasteiger partial charge in [-0.1, -0.05) is 0 Å². The highest BCUT2D eigenvalue weighted by atomic mass is 31.1. The molecule has 0 aliphatic carbocycles. The molecule has 0 fully saturated rings. The SMILES string of the molecule is CC(C)(C)ON(C=O)C[PH](=O)O. The Labute approximate surface area is 72.1 Å². The van der Waals surface area contributed by atoms with Crippen molar-refractivity contribution in [2.75, 3.05) is 6.29 Å². The van der Waals surface area contributed by atoms with Crippen LogP contribution in [0.5, 0.6) is 0 Å². The van der Waals surface area contributed by atoms with Crippen molar-refractivity contribution in [1.29, 1.82) is 0 Å². The van der Waals surface area contributed by atoms with Crippen LogP contribution in [0.1, 0.15) is 20.8 Å². The average Bonchev–Trinajstić information content (AvgIpc) is 1.82. The maximum Gasteiger partial charge on any atom is 0.233 e. The van der Waals surface area contributed by atoms with Crippen LogP contribution in [0, 0.1) is 0 Å². The van der Waals surface area contributed by atoms with Crippen LogP contribution >= 0.6 is 8.03 Å². The molecule has 0 bridgehead atoms. The Balaban J connectivity index is 4.00. The summed E-state index contributed by atoms with van der Waals surface area (Å²) in [7, 11) is -2.70. The molecule has 12 heavy (non-hydrogen) atoms. The van der Waals surface area contributed by atoms with Crippen LogP contribution in [0.4, 0.5) is 0 Å². The molecule has 1 atom stereocenters. The molecule has 0 saturated heterocycles. The smallest absolute Gasteiger partial charge is 0.233 e. The average molecular weight is 195 g/mol. The predicted octanol–water partition coefficient (Wildman–Crippen LogP) is 0.599. The molecule has 1 unspecified atom stereocenters. The van der Waals surface area contributed by atoms with Crippen molar-refractivity contribution in [2.45, 2.75) is 26.4 Å². The van der Waals surface area contributed by atoms with Crippen molar-refractivity contribution in [1.82, 2.24) is 5.06 Å². The van der Waals surface area contributed by atoms with E-state index in [-0.39, 0.29) is 6.29 Å². The monoisotopic (exact) mass is 195 g/mol. The van der Waals surface area contributed by atoms with E-state index in [1.54, 1.807) is 20.8 Å². The maximum atomic E-state index is 10.4. The molecule has 0 rings (SSSR count). The van der Waals surface area contributed by atoms with Crippen LogP contribution in [0.25, 0.3) is 0 Å². The third kappa shape index (κ3) is 6.34. The van der Waals surface area contributed by atoms with Crippen molar-refractivity contribution in [3.05, 3.63) is 0 Å². The lowest BCUT2D eigenvalue weighted by atomic mass is 10.2. The number of hydroxylamine groups is 2. The highest BCUT2D eigenvalue weighted by molar-refractivity contribution is 7.37. The lowest BCUT2D eigenvalue weighted by Gasteiger charge is -2.25. The van der Waals surface area contributed by atoms with Gasteiger partial charge in [-0.05, 0) is 20.8 Å². The van der Waals surface area contributed by atoms with Gasteiger partial charge in [-0.3, -0.25) is 14.2 Å². The van der Waals surface area contributed by atoms with Crippen molar-refractivity contribution >= 4 is 14.4 Å². The first-order valence-electron chi connectivity index (χ1n) is 3.48. The van der Waals surface area contributed by atoms with E-state index >= 15 is 0 Å². The molecular formula is C6H14NO4P. The summed E-state index contributed by atoms with van der Waals surface area (Å²) < 4.78 is 10.4. The number of rotatable bonds is 4. The number of hydrogen-bond donors (Lipinski definition) is 1. The van der Waals surface area contributed by atoms with E-state index in [4.69, 9.17) is 9.73 Å². The summed E-state index contributed by atoms with van der Waals surface area (Å²) in [5.41, 5.74) is -0.530. The van der Waals surface area contributed by atoms with Crippen molar-refractivity contribution in [3.63, 3.8) is 0 Å². The Hall–Kier alpha value is -0.380. The van der Waals surface area contributed by atoms with Crippen molar-refractivity contribution in [3.8, 4) is 0 Å². The summed E-state index contributed by atoms with van der Waals surface area (Å²) in [6.45, 7) is 5.24. The van der Waals surface area contributed by atoms with E-state index in [0.29, 0.717) is 6.41 Å². The number of carbonyl (C=O) groups excluding carboxylic acids is 1. The summed E-state index contributed by atoms with van der Waals surface area (Å²) in [4.78, 5) is 23.8. The molecule has 1 N–H and O–H groups in total. The molecule has 0 spiro atoms. The molecular weight excluding hydrogens is 181 g/mol. The largest absolute Gasteiger partial charge is 0.345 e. The molecule has 0 aromatic heterocycles. The standard InChI is InChI=1S/C6H14NO4P/c1-6(2,3)11-7(4-8)5-12(9)10/h4,12H,5H2,1-3H3,(H,9,10). The van der Waals surface area contributed by atoms with Gasteiger partial charge in [0.2, 0.25) is 14.4 Å². The summed E-state index contributed by atoms with van der Waals surface area (Å²) in [6, 6.07) is 0. The van der Waals surface area contributed by atoms with Gasteiger partial charge in [0.05, 0.1) is 5.60 Å². The molecule has 0 aromatic carbocycles. The molecule has 0 aromatic rings. The zero-order chi connectivity index (χ0) is 9.78. The fourth-order valence-electron chi connectivity index (χ4n) is 0.576. The normalized spacial score (nSPS) is 14.0. The van der Waals surface area contributed by atoms with E-state index in [1.165, 1.54) is 0 Å². The molecule has 6 heteroatoms. The van der Waals surface area contributed by atoms with Gasteiger partial charge >= 0.3 is 0 Å². The van der Waals surface area contributed by atoms with Crippen molar-refractivity contribution in [2.24, 2.45) is 0 Å². The lowest BCUT2D eigenvalue weighted by Crippen LogP contribution is -2.32. The molecule has 1 amide bonds. The van der Waals surface area contributed by atoms with Gasteiger partial charge in [-0.15, -0.1) is 0 Å². The van der Waals surface area contributed by atoms with Gasteiger partial charge in [-0.2, -0.15) is 0 Å². The minimum absolute atomic E-state index is 0.258. The first-order valence-corrected chi connectivity index (χ1v) is 5.04. The Morgan fingerprint density at radius 2 is 2.08 bits per heavy atom. The van der Waals surface area contributed by atoms with Gasteiger partial charge in [0, 0.05) is 0 Å². The van der Waals surface area contributed by atoms with Gasteiger partial charge in [0.1, 0.15) is 6.29 Å². The Bertz CT molecular complexity index is 177. The van der Waals surface area contributed by atoms with Crippen LogP contribution in [0.15, 0.2) is 0 Å². The van der Waals surface area contributed by atoms with E-state index in [0.717, 1.165) is 5.06 Å². The second-order valence-corrected chi connectivity index (χ2v) is 4.38. The Morgan fingerprint density at radius 1 is 1.58 bits per heavy atom. The highest BCUT2D eigenvalue weighted by Crippen LogP contribution is 2.17. The third-order valence-corrected chi connectivity index (χ3v) is 1.38. The number of hydrogen-bond acceptors (Lipinski definition) is 3. The lowest BCUT2D eigenvalue weighted by molar-refractivity contribution is -0.209. The fourth-order valence-corrected chi connectivity index (χ4v) is 0.982. The van der Waals surface area contributed by atoms with Crippen LogP contribution in [-0.2, 0) is 14.2 Å². The molecule has 72 valence electrons. The van der Waals surface area contributed by atoms with Gasteiger partial charge in [0.15, 0.2) is 0 Å². The quantitative estimate of drug-likeness (QED) is 0.405. The summed E-state index contributed by atoms with van der Waals surface area (Å²) in [5, 5.41) is 0.835. The first kappa shape index (κ1) is 11.6. The van der Waals surface area contributed by atoms with E-state index in [1.807, 2.05) is 0 Å². The highest BCUT2D eigenvalue weighted by Gasteiger charge is 2.16. The van der Waals surface area contributed by atoms with Crippen LogP contribution in [0.3, 0.4) is 0 Å². The van der Waals surface area contributed by atoms with E-state index in [9.17, 15) is 9.36 Å². The second kappa shape index (κ2) is 4.60. The summed E-state index contributed by atoms with van der Waals surface area (Å²) in [6.07, 6.45) is 0.134. The van der Waals surface area contributed by atoms with Gasteiger partial charge < -0.3 is 4.89 Å². The Kier molecular flexibility index (Phi) is 4.45. The molecule has 0 saturated carbocycles. The van der Waals surface area contributed by atoms with Gasteiger partial charge in [0.25, 0.3) is 0 Å². The van der Waals surface area contributed by atoms with Crippen molar-refractivity contribution < 1.29 is 19.1 Å². The minimum atomic E-state index is -2.70. The zero-order valence-electron chi connectivity index (χ0n) is 7.40.